The fourth-order valence-electron chi connectivity index (χ4n) is 2.27. The highest BCUT2D eigenvalue weighted by molar-refractivity contribution is 5.74. The smallest absolute Gasteiger partial charge is 0.317 e. The van der Waals surface area contributed by atoms with E-state index in [1.54, 1.807) is 6.26 Å². The normalized spacial score (nSPS) is 17.5. The molecule has 0 bridgehead atoms. The summed E-state index contributed by atoms with van der Waals surface area (Å²) >= 11 is 0. The third kappa shape index (κ3) is 3.73. The van der Waals surface area contributed by atoms with Crippen molar-refractivity contribution in [1.82, 2.24) is 15.1 Å². The zero-order valence-corrected chi connectivity index (χ0v) is 12.0. The molecule has 106 valence electrons. The van der Waals surface area contributed by atoms with Crippen LogP contribution in [0.25, 0.3) is 0 Å². The van der Waals surface area contributed by atoms with Crippen molar-refractivity contribution < 1.29 is 9.21 Å². The van der Waals surface area contributed by atoms with Crippen LogP contribution in [0.1, 0.15) is 26.5 Å². The number of hydrogen-bond acceptors (Lipinski definition) is 3. The lowest BCUT2D eigenvalue weighted by Crippen LogP contribution is -2.56. The highest BCUT2D eigenvalue weighted by atomic mass is 16.3. The third-order valence-corrected chi connectivity index (χ3v) is 3.51. The van der Waals surface area contributed by atoms with Gasteiger partial charge in [0.25, 0.3) is 0 Å². The third-order valence-electron chi connectivity index (χ3n) is 3.51. The van der Waals surface area contributed by atoms with Gasteiger partial charge >= 0.3 is 6.03 Å². The molecule has 0 unspecified atom stereocenters. The van der Waals surface area contributed by atoms with Gasteiger partial charge in [-0.3, -0.25) is 4.90 Å². The van der Waals surface area contributed by atoms with E-state index in [2.05, 4.69) is 31.0 Å². The fourth-order valence-corrected chi connectivity index (χ4v) is 2.27. The van der Waals surface area contributed by atoms with Crippen molar-refractivity contribution in [1.29, 1.82) is 0 Å². The maximum atomic E-state index is 12.0. The average molecular weight is 265 g/mol. The number of piperazine rings is 1. The van der Waals surface area contributed by atoms with Gasteiger partial charge in [-0.25, -0.2) is 4.79 Å². The maximum absolute atomic E-state index is 12.0. The van der Waals surface area contributed by atoms with Crippen LogP contribution in [0.2, 0.25) is 0 Å². The average Bonchev–Trinajstić information content (AvgIpc) is 2.88. The van der Waals surface area contributed by atoms with E-state index in [0.717, 1.165) is 31.9 Å². The lowest BCUT2D eigenvalue weighted by atomic mass is 10.1. The summed E-state index contributed by atoms with van der Waals surface area (Å²) in [7, 11) is 0. The Labute approximate surface area is 114 Å². The van der Waals surface area contributed by atoms with Crippen LogP contribution in [0.3, 0.4) is 0 Å². The number of nitrogens with zero attached hydrogens (tertiary/aromatic N) is 2. The molecule has 1 aromatic heterocycles. The standard InChI is InChI=1S/C14H23N3O2/c1-14(2,3)17-8-6-16(7-9-17)13(18)15-11-12-5-4-10-19-12/h4-5,10H,6-9,11H2,1-3H3,(H,15,18). The quantitative estimate of drug-likeness (QED) is 0.888. The minimum atomic E-state index is -0.00930. The van der Waals surface area contributed by atoms with E-state index >= 15 is 0 Å². The molecular weight excluding hydrogens is 242 g/mol. The van der Waals surface area contributed by atoms with Crippen LogP contribution in [0.4, 0.5) is 4.79 Å². The molecule has 19 heavy (non-hydrogen) atoms. The first-order chi connectivity index (χ1) is 8.97. The van der Waals surface area contributed by atoms with Crippen LogP contribution in [0.5, 0.6) is 0 Å². The van der Waals surface area contributed by atoms with E-state index in [1.807, 2.05) is 17.0 Å². The molecule has 5 nitrogen and oxygen atoms in total. The van der Waals surface area contributed by atoms with Gasteiger partial charge in [-0.1, -0.05) is 0 Å². The van der Waals surface area contributed by atoms with E-state index in [4.69, 9.17) is 4.42 Å². The molecule has 1 N–H and O–H groups in total. The molecule has 2 heterocycles. The zero-order valence-electron chi connectivity index (χ0n) is 12.0. The van der Waals surface area contributed by atoms with Crippen molar-refractivity contribution in [2.24, 2.45) is 0 Å². The van der Waals surface area contributed by atoms with Gasteiger partial charge in [0.1, 0.15) is 5.76 Å². The monoisotopic (exact) mass is 265 g/mol. The SMILES string of the molecule is CC(C)(C)N1CCN(C(=O)NCc2ccco2)CC1. The van der Waals surface area contributed by atoms with Gasteiger partial charge in [0.05, 0.1) is 12.8 Å². The first kappa shape index (κ1) is 13.9. The Hall–Kier alpha value is -1.49. The predicted molar refractivity (Wildman–Crippen MR) is 73.8 cm³/mol. The molecule has 2 amide bonds. The largest absolute Gasteiger partial charge is 0.467 e. The summed E-state index contributed by atoms with van der Waals surface area (Å²) in [5.41, 5.74) is 0.177. The molecule has 1 aromatic rings. The molecule has 0 spiro atoms. The lowest BCUT2D eigenvalue weighted by molar-refractivity contribution is 0.0741. The minimum absolute atomic E-state index is 0.00930. The van der Waals surface area contributed by atoms with E-state index in [9.17, 15) is 4.79 Å². The van der Waals surface area contributed by atoms with Crippen LogP contribution in [0.15, 0.2) is 22.8 Å². The van der Waals surface area contributed by atoms with Crippen LogP contribution in [0, 0.1) is 0 Å². The Morgan fingerprint density at radius 2 is 2.00 bits per heavy atom. The predicted octanol–water partition coefficient (Wildman–Crippen LogP) is 1.91. The summed E-state index contributed by atoms with van der Waals surface area (Å²) in [5.74, 6) is 0.779. The summed E-state index contributed by atoms with van der Waals surface area (Å²) in [4.78, 5) is 16.3. The second-order valence-corrected chi connectivity index (χ2v) is 5.88. The highest BCUT2D eigenvalue weighted by Gasteiger charge is 2.27. The van der Waals surface area contributed by atoms with Gasteiger partial charge in [0.2, 0.25) is 0 Å². The van der Waals surface area contributed by atoms with Crippen LogP contribution in [-0.4, -0.2) is 47.5 Å². The van der Waals surface area contributed by atoms with Gasteiger partial charge in [-0.15, -0.1) is 0 Å². The molecule has 1 aliphatic rings. The van der Waals surface area contributed by atoms with Crippen molar-refractivity contribution in [2.45, 2.75) is 32.9 Å². The van der Waals surface area contributed by atoms with Gasteiger partial charge < -0.3 is 14.6 Å². The Kier molecular flexibility index (Phi) is 4.14. The summed E-state index contributed by atoms with van der Waals surface area (Å²) in [6, 6.07) is 3.67. The van der Waals surface area contributed by atoms with Crippen LogP contribution < -0.4 is 5.32 Å². The topological polar surface area (TPSA) is 48.7 Å². The second-order valence-electron chi connectivity index (χ2n) is 5.88. The van der Waals surface area contributed by atoms with E-state index < -0.39 is 0 Å². The highest BCUT2D eigenvalue weighted by Crippen LogP contribution is 2.15. The lowest BCUT2D eigenvalue weighted by Gasteiger charge is -2.42. The molecule has 0 aliphatic carbocycles. The number of furan rings is 1. The van der Waals surface area contributed by atoms with Gasteiger partial charge in [-0.05, 0) is 32.9 Å². The number of hydrogen-bond donors (Lipinski definition) is 1. The van der Waals surface area contributed by atoms with Gasteiger partial charge in [0, 0.05) is 31.7 Å². The molecular formula is C14H23N3O2. The molecule has 1 saturated heterocycles. The first-order valence-electron chi connectivity index (χ1n) is 6.77. The number of amides is 2. The van der Waals surface area contributed by atoms with Crippen LogP contribution >= 0.6 is 0 Å². The maximum Gasteiger partial charge on any atom is 0.317 e. The molecule has 1 aliphatic heterocycles. The summed E-state index contributed by atoms with van der Waals surface area (Å²) in [6.45, 7) is 10.5. The van der Waals surface area contributed by atoms with E-state index in [-0.39, 0.29) is 11.6 Å². The first-order valence-corrected chi connectivity index (χ1v) is 6.77. The molecule has 0 atom stereocenters. The number of carbonyl (C=O) groups excluding carboxylic acids is 1. The van der Waals surface area contributed by atoms with Crippen molar-refractivity contribution in [3.05, 3.63) is 24.2 Å². The van der Waals surface area contributed by atoms with E-state index in [0.29, 0.717) is 6.54 Å². The molecule has 5 heteroatoms. The van der Waals surface area contributed by atoms with Gasteiger partial charge in [0.15, 0.2) is 0 Å². The Morgan fingerprint density at radius 1 is 1.32 bits per heavy atom. The van der Waals surface area contributed by atoms with Crippen molar-refractivity contribution >= 4 is 6.03 Å². The number of nitrogens with one attached hydrogen (secondary N) is 1. The summed E-state index contributed by atoms with van der Waals surface area (Å²) in [6.07, 6.45) is 1.61. The van der Waals surface area contributed by atoms with Crippen LogP contribution in [-0.2, 0) is 6.54 Å². The minimum Gasteiger partial charge on any atom is -0.467 e. The Morgan fingerprint density at radius 3 is 2.53 bits per heavy atom. The molecule has 0 aromatic carbocycles. The zero-order chi connectivity index (χ0) is 13.9. The van der Waals surface area contributed by atoms with E-state index in [1.165, 1.54) is 0 Å². The molecule has 0 saturated carbocycles. The molecule has 1 fully saturated rings. The molecule has 0 radical (unpaired) electrons. The summed E-state index contributed by atoms with van der Waals surface area (Å²) < 4.78 is 5.19. The number of carbonyl (C=O) groups is 1. The van der Waals surface area contributed by atoms with Gasteiger partial charge in [-0.2, -0.15) is 0 Å². The summed E-state index contributed by atoms with van der Waals surface area (Å²) in [5, 5.41) is 2.88. The number of rotatable bonds is 2. The van der Waals surface area contributed by atoms with Crippen molar-refractivity contribution in [3.63, 3.8) is 0 Å². The van der Waals surface area contributed by atoms with Crippen molar-refractivity contribution in [3.8, 4) is 0 Å². The second kappa shape index (κ2) is 5.65. The number of urea groups is 1. The Balaban J connectivity index is 1.76. The Bertz CT molecular complexity index is 401. The van der Waals surface area contributed by atoms with Crippen molar-refractivity contribution in [2.75, 3.05) is 26.2 Å². The molecule has 2 rings (SSSR count). The fraction of sp³-hybridized carbons (Fsp3) is 0.643.